The standard InChI is InChI=1S/C14H9Cl2FN2O3/c15-10-6-11(16)12(17)5-9(10)14(22)19-18-13(21)7-2-1-3-8(20)4-7/h1-6,20H,(H,18,21)(H,19,22). The number of phenolic OH excluding ortho intramolecular Hbond substituents is 1. The Hall–Kier alpha value is -2.31. The minimum absolute atomic E-state index is 0.0597. The number of nitrogens with one attached hydrogen (secondary N) is 2. The van der Waals surface area contributed by atoms with Crippen molar-refractivity contribution in [3.63, 3.8) is 0 Å². The Bertz CT molecular complexity index is 753. The monoisotopic (exact) mass is 342 g/mol. The number of hydrogen-bond donors (Lipinski definition) is 3. The Labute approximate surface area is 134 Å². The fourth-order valence-electron chi connectivity index (χ4n) is 1.60. The van der Waals surface area contributed by atoms with Crippen LogP contribution in [0.25, 0.3) is 0 Å². The summed E-state index contributed by atoms with van der Waals surface area (Å²) in [5.74, 6) is -2.37. The maximum absolute atomic E-state index is 13.3. The molecule has 0 spiro atoms. The maximum Gasteiger partial charge on any atom is 0.271 e. The van der Waals surface area contributed by atoms with Crippen LogP contribution in [0.4, 0.5) is 4.39 Å². The molecule has 0 aliphatic rings. The molecule has 0 saturated carbocycles. The molecule has 0 atom stereocenters. The number of hydrazine groups is 1. The van der Waals surface area contributed by atoms with Crippen molar-refractivity contribution in [2.75, 3.05) is 0 Å². The Morgan fingerprint density at radius 2 is 1.68 bits per heavy atom. The van der Waals surface area contributed by atoms with Gasteiger partial charge in [-0.1, -0.05) is 29.3 Å². The van der Waals surface area contributed by atoms with Crippen molar-refractivity contribution < 1.29 is 19.1 Å². The Morgan fingerprint density at radius 1 is 1.00 bits per heavy atom. The lowest BCUT2D eigenvalue weighted by molar-refractivity contribution is 0.0846. The third kappa shape index (κ3) is 3.66. The van der Waals surface area contributed by atoms with Crippen molar-refractivity contribution in [1.29, 1.82) is 0 Å². The van der Waals surface area contributed by atoms with E-state index in [1.807, 2.05) is 0 Å². The van der Waals surface area contributed by atoms with Crippen LogP contribution in [-0.2, 0) is 0 Å². The second-order valence-electron chi connectivity index (χ2n) is 4.20. The number of benzene rings is 2. The summed E-state index contributed by atoms with van der Waals surface area (Å²) in [6, 6.07) is 7.47. The lowest BCUT2D eigenvalue weighted by Gasteiger charge is -2.09. The van der Waals surface area contributed by atoms with Gasteiger partial charge in [0.1, 0.15) is 11.6 Å². The number of carbonyl (C=O) groups excluding carboxylic acids is 2. The molecule has 2 amide bonds. The molecule has 22 heavy (non-hydrogen) atoms. The summed E-state index contributed by atoms with van der Waals surface area (Å²) < 4.78 is 13.3. The van der Waals surface area contributed by atoms with Crippen LogP contribution in [0.5, 0.6) is 5.75 Å². The Balaban J connectivity index is 2.07. The number of carbonyl (C=O) groups is 2. The number of aromatic hydroxyl groups is 1. The van der Waals surface area contributed by atoms with Gasteiger partial charge in [0.2, 0.25) is 0 Å². The van der Waals surface area contributed by atoms with Gasteiger partial charge in [-0.25, -0.2) is 4.39 Å². The first-order valence-electron chi connectivity index (χ1n) is 5.92. The highest BCUT2D eigenvalue weighted by Crippen LogP contribution is 2.24. The molecule has 0 fully saturated rings. The number of amides is 2. The first-order chi connectivity index (χ1) is 10.4. The average molecular weight is 343 g/mol. The van der Waals surface area contributed by atoms with Gasteiger partial charge in [-0.15, -0.1) is 0 Å². The molecule has 0 aliphatic heterocycles. The van der Waals surface area contributed by atoms with Crippen LogP contribution in [0, 0.1) is 5.82 Å². The summed E-state index contributed by atoms with van der Waals surface area (Å²) in [6.07, 6.45) is 0. The fourth-order valence-corrected chi connectivity index (χ4v) is 2.07. The predicted octanol–water partition coefficient (Wildman–Crippen LogP) is 2.91. The maximum atomic E-state index is 13.3. The molecule has 0 saturated heterocycles. The molecule has 0 radical (unpaired) electrons. The molecular weight excluding hydrogens is 334 g/mol. The van der Waals surface area contributed by atoms with Crippen LogP contribution in [0.15, 0.2) is 36.4 Å². The fraction of sp³-hybridized carbons (Fsp3) is 0. The molecule has 3 N–H and O–H groups in total. The highest BCUT2D eigenvalue weighted by atomic mass is 35.5. The van der Waals surface area contributed by atoms with E-state index < -0.39 is 17.6 Å². The van der Waals surface area contributed by atoms with Gasteiger partial charge in [-0.2, -0.15) is 0 Å². The molecule has 0 aromatic heterocycles. The first kappa shape index (κ1) is 16.1. The normalized spacial score (nSPS) is 10.1. The number of halogens is 3. The summed E-state index contributed by atoms with van der Waals surface area (Å²) in [4.78, 5) is 23.6. The van der Waals surface area contributed by atoms with Crippen LogP contribution < -0.4 is 10.9 Å². The van der Waals surface area contributed by atoms with E-state index in [4.69, 9.17) is 23.2 Å². The summed E-state index contributed by atoms with van der Waals surface area (Å²) in [7, 11) is 0. The lowest BCUT2D eigenvalue weighted by Crippen LogP contribution is -2.41. The van der Waals surface area contributed by atoms with E-state index in [2.05, 4.69) is 10.9 Å². The van der Waals surface area contributed by atoms with Crippen LogP contribution in [-0.4, -0.2) is 16.9 Å². The van der Waals surface area contributed by atoms with Gasteiger partial charge in [0.05, 0.1) is 15.6 Å². The number of rotatable bonds is 2. The minimum atomic E-state index is -0.811. The van der Waals surface area contributed by atoms with Crippen LogP contribution in [0.3, 0.4) is 0 Å². The van der Waals surface area contributed by atoms with Gasteiger partial charge in [-0.05, 0) is 30.3 Å². The molecule has 2 aromatic carbocycles. The van der Waals surface area contributed by atoms with Gasteiger partial charge in [-0.3, -0.25) is 20.4 Å². The number of hydrogen-bond acceptors (Lipinski definition) is 3. The van der Waals surface area contributed by atoms with Gasteiger partial charge in [0.15, 0.2) is 0 Å². The quantitative estimate of drug-likeness (QED) is 0.580. The van der Waals surface area contributed by atoms with E-state index in [1.165, 1.54) is 24.3 Å². The zero-order valence-corrected chi connectivity index (χ0v) is 12.4. The van der Waals surface area contributed by atoms with E-state index in [0.717, 1.165) is 12.1 Å². The molecular formula is C14H9Cl2FN2O3. The topological polar surface area (TPSA) is 78.4 Å². The third-order valence-electron chi connectivity index (χ3n) is 2.65. The van der Waals surface area contributed by atoms with E-state index in [-0.39, 0.29) is 26.9 Å². The van der Waals surface area contributed by atoms with Crippen molar-refractivity contribution in [3.8, 4) is 5.75 Å². The van der Waals surface area contributed by atoms with Crippen LogP contribution in [0.2, 0.25) is 10.0 Å². The predicted molar refractivity (Wildman–Crippen MR) is 79.5 cm³/mol. The summed E-state index contributed by atoms with van der Waals surface area (Å²) in [5, 5.41) is 8.99. The van der Waals surface area contributed by atoms with Crippen molar-refractivity contribution in [1.82, 2.24) is 10.9 Å². The molecule has 8 heteroatoms. The second-order valence-corrected chi connectivity index (χ2v) is 5.02. The van der Waals surface area contributed by atoms with Crippen LogP contribution >= 0.6 is 23.2 Å². The zero-order chi connectivity index (χ0) is 16.3. The van der Waals surface area contributed by atoms with Crippen molar-refractivity contribution in [2.45, 2.75) is 0 Å². The molecule has 114 valence electrons. The average Bonchev–Trinajstić information content (AvgIpc) is 2.48. The molecule has 0 heterocycles. The smallest absolute Gasteiger partial charge is 0.271 e. The SMILES string of the molecule is O=C(NNC(=O)c1cc(F)c(Cl)cc1Cl)c1cccc(O)c1. The molecule has 0 aliphatic carbocycles. The van der Waals surface area contributed by atoms with Gasteiger partial charge < -0.3 is 5.11 Å². The van der Waals surface area contributed by atoms with E-state index in [0.29, 0.717) is 0 Å². The molecule has 0 bridgehead atoms. The van der Waals surface area contributed by atoms with E-state index in [9.17, 15) is 19.1 Å². The van der Waals surface area contributed by atoms with Crippen molar-refractivity contribution in [2.24, 2.45) is 0 Å². The summed E-state index contributed by atoms with van der Waals surface area (Å²) in [5.41, 5.74) is 4.16. The highest BCUT2D eigenvalue weighted by molar-refractivity contribution is 6.36. The highest BCUT2D eigenvalue weighted by Gasteiger charge is 2.15. The van der Waals surface area contributed by atoms with Gasteiger partial charge >= 0.3 is 0 Å². The van der Waals surface area contributed by atoms with E-state index >= 15 is 0 Å². The van der Waals surface area contributed by atoms with Gasteiger partial charge in [0.25, 0.3) is 11.8 Å². The minimum Gasteiger partial charge on any atom is -0.508 e. The van der Waals surface area contributed by atoms with Crippen molar-refractivity contribution in [3.05, 3.63) is 63.4 Å². The molecule has 2 aromatic rings. The summed E-state index contributed by atoms with van der Waals surface area (Å²) >= 11 is 11.3. The second kappa shape index (κ2) is 6.64. The molecule has 0 unspecified atom stereocenters. The van der Waals surface area contributed by atoms with Gasteiger partial charge in [0, 0.05) is 5.56 Å². The molecule has 5 nitrogen and oxygen atoms in total. The first-order valence-corrected chi connectivity index (χ1v) is 6.68. The van der Waals surface area contributed by atoms with Crippen LogP contribution in [0.1, 0.15) is 20.7 Å². The third-order valence-corrected chi connectivity index (χ3v) is 3.25. The largest absolute Gasteiger partial charge is 0.508 e. The Kier molecular flexibility index (Phi) is 4.85. The van der Waals surface area contributed by atoms with E-state index in [1.54, 1.807) is 0 Å². The molecule has 2 rings (SSSR count). The summed E-state index contributed by atoms with van der Waals surface area (Å²) in [6.45, 7) is 0. The Morgan fingerprint density at radius 3 is 2.36 bits per heavy atom. The zero-order valence-electron chi connectivity index (χ0n) is 10.9. The lowest BCUT2D eigenvalue weighted by atomic mass is 10.2. The number of phenols is 1. The van der Waals surface area contributed by atoms with Crippen molar-refractivity contribution >= 4 is 35.0 Å².